The lowest BCUT2D eigenvalue weighted by Crippen LogP contribution is -2.54. The largest absolute Gasteiger partial charge is 0.468 e. The molecule has 0 saturated carbocycles. The lowest BCUT2D eigenvalue weighted by Gasteiger charge is -2.28. The van der Waals surface area contributed by atoms with Crippen LogP contribution in [0.1, 0.15) is 11.3 Å². The van der Waals surface area contributed by atoms with E-state index in [-0.39, 0.29) is 5.75 Å². The topological polar surface area (TPSA) is 117 Å². The van der Waals surface area contributed by atoms with Crippen molar-refractivity contribution in [3.8, 4) is 5.75 Å². The molecule has 0 atom stereocenters. The predicted molar refractivity (Wildman–Crippen MR) is 98.2 cm³/mol. The molecule has 1 N–H and O–H groups in total. The molecule has 13 heteroatoms. The standard InChI is InChI=1S/C18H15ClF3N3O6/c1-29-14(26)17(15(27)30-2,9-25-16(28)31-11-4-3-5-23-8-11)13-12(19)6-10(7-24-13)18(20,21)22/h3-8H,9H2,1-2H3,(H,25,28). The third kappa shape index (κ3) is 5.20. The van der Waals surface area contributed by atoms with E-state index in [0.29, 0.717) is 12.3 Å². The summed E-state index contributed by atoms with van der Waals surface area (Å²) in [6.07, 6.45) is -2.84. The molecular weight excluding hydrogens is 447 g/mol. The minimum absolute atomic E-state index is 0.0485. The number of aromatic nitrogens is 2. The zero-order valence-electron chi connectivity index (χ0n) is 16.0. The second kappa shape index (κ2) is 9.60. The van der Waals surface area contributed by atoms with E-state index in [2.05, 4.69) is 24.8 Å². The Bertz CT molecular complexity index is 956. The lowest BCUT2D eigenvalue weighted by atomic mass is 9.83. The summed E-state index contributed by atoms with van der Waals surface area (Å²) in [5.41, 5.74) is -4.34. The van der Waals surface area contributed by atoms with Crippen LogP contribution >= 0.6 is 11.6 Å². The number of hydrogen-bond acceptors (Lipinski definition) is 8. The van der Waals surface area contributed by atoms with Crippen LogP contribution < -0.4 is 10.1 Å². The van der Waals surface area contributed by atoms with Crippen LogP contribution in [0.15, 0.2) is 36.8 Å². The van der Waals surface area contributed by atoms with Gasteiger partial charge >= 0.3 is 24.2 Å². The van der Waals surface area contributed by atoms with Crippen LogP contribution in [-0.2, 0) is 30.7 Å². The molecule has 2 aromatic heterocycles. The minimum atomic E-state index is -4.78. The van der Waals surface area contributed by atoms with Gasteiger partial charge in [0.15, 0.2) is 5.75 Å². The number of hydrogen-bond donors (Lipinski definition) is 1. The van der Waals surface area contributed by atoms with Gasteiger partial charge in [0.2, 0.25) is 5.41 Å². The number of ether oxygens (including phenoxy) is 3. The lowest BCUT2D eigenvalue weighted by molar-refractivity contribution is -0.161. The van der Waals surface area contributed by atoms with Gasteiger partial charge in [0.05, 0.1) is 43.2 Å². The van der Waals surface area contributed by atoms with Crippen LogP contribution in [0.5, 0.6) is 5.75 Å². The maximum Gasteiger partial charge on any atom is 0.417 e. The van der Waals surface area contributed by atoms with E-state index in [1.54, 1.807) is 0 Å². The van der Waals surface area contributed by atoms with Crippen LogP contribution in [0, 0.1) is 0 Å². The summed E-state index contributed by atoms with van der Waals surface area (Å²) in [4.78, 5) is 44.6. The van der Waals surface area contributed by atoms with Gasteiger partial charge in [-0.1, -0.05) is 11.6 Å². The van der Waals surface area contributed by atoms with Crippen molar-refractivity contribution in [2.75, 3.05) is 20.8 Å². The van der Waals surface area contributed by atoms with Gasteiger partial charge in [-0.15, -0.1) is 0 Å². The van der Waals surface area contributed by atoms with E-state index in [0.717, 1.165) is 14.2 Å². The summed E-state index contributed by atoms with van der Waals surface area (Å²) >= 11 is 5.94. The highest BCUT2D eigenvalue weighted by molar-refractivity contribution is 6.32. The van der Waals surface area contributed by atoms with E-state index in [1.165, 1.54) is 24.5 Å². The van der Waals surface area contributed by atoms with Crippen LogP contribution in [0.4, 0.5) is 18.0 Å². The number of nitrogens with one attached hydrogen (secondary N) is 1. The molecular formula is C18H15ClF3N3O6. The van der Waals surface area contributed by atoms with Gasteiger partial charge in [0.25, 0.3) is 0 Å². The first kappa shape index (κ1) is 23.9. The molecule has 31 heavy (non-hydrogen) atoms. The van der Waals surface area contributed by atoms with Gasteiger partial charge in [-0.2, -0.15) is 13.2 Å². The quantitative estimate of drug-likeness (QED) is 0.515. The third-order valence-electron chi connectivity index (χ3n) is 3.98. The number of carbonyl (C=O) groups is 3. The normalized spacial score (nSPS) is 11.4. The van der Waals surface area contributed by atoms with Crippen molar-refractivity contribution in [3.63, 3.8) is 0 Å². The summed E-state index contributed by atoms with van der Waals surface area (Å²) in [7, 11) is 1.85. The summed E-state index contributed by atoms with van der Waals surface area (Å²) in [6.45, 7) is -0.844. The Labute approximate surface area is 178 Å². The molecule has 2 heterocycles. The molecule has 2 rings (SSSR count). The molecule has 0 bridgehead atoms. The van der Waals surface area contributed by atoms with Gasteiger partial charge in [-0.05, 0) is 18.2 Å². The highest BCUT2D eigenvalue weighted by atomic mass is 35.5. The zero-order chi connectivity index (χ0) is 23.2. The van der Waals surface area contributed by atoms with Gasteiger partial charge < -0.3 is 19.5 Å². The number of nitrogens with zero attached hydrogens (tertiary/aromatic N) is 2. The van der Waals surface area contributed by atoms with Crippen LogP contribution in [-0.4, -0.2) is 48.8 Å². The summed E-state index contributed by atoms with van der Waals surface area (Å²) in [5.74, 6) is -2.52. The fraction of sp³-hybridized carbons (Fsp3) is 0.278. The Morgan fingerprint density at radius 3 is 2.26 bits per heavy atom. The van der Waals surface area contributed by atoms with Crippen molar-refractivity contribution >= 4 is 29.6 Å². The van der Waals surface area contributed by atoms with Crippen molar-refractivity contribution in [1.82, 2.24) is 15.3 Å². The number of carbonyl (C=O) groups excluding carboxylic acids is 3. The molecule has 0 spiro atoms. The molecule has 0 saturated heterocycles. The van der Waals surface area contributed by atoms with Gasteiger partial charge in [-0.25, -0.2) is 4.79 Å². The van der Waals surface area contributed by atoms with Crippen LogP contribution in [0.25, 0.3) is 0 Å². The molecule has 0 unspecified atom stereocenters. The maximum absolute atomic E-state index is 12.9. The highest BCUT2D eigenvalue weighted by Crippen LogP contribution is 2.36. The number of rotatable bonds is 6. The molecule has 2 aromatic rings. The van der Waals surface area contributed by atoms with Crippen molar-refractivity contribution in [3.05, 3.63) is 53.1 Å². The number of amides is 1. The number of pyridine rings is 2. The van der Waals surface area contributed by atoms with Gasteiger partial charge in [0.1, 0.15) is 0 Å². The predicted octanol–water partition coefficient (Wildman–Crippen LogP) is 2.52. The first-order valence-corrected chi connectivity index (χ1v) is 8.69. The third-order valence-corrected chi connectivity index (χ3v) is 4.27. The summed E-state index contributed by atoms with van der Waals surface area (Å²) < 4.78 is 53.1. The molecule has 0 fully saturated rings. The van der Waals surface area contributed by atoms with Crippen LogP contribution in [0.3, 0.4) is 0 Å². The van der Waals surface area contributed by atoms with Crippen molar-refractivity contribution in [1.29, 1.82) is 0 Å². The molecule has 0 aliphatic carbocycles. The molecule has 0 radical (unpaired) electrons. The van der Waals surface area contributed by atoms with Crippen molar-refractivity contribution < 1.29 is 41.8 Å². The maximum atomic E-state index is 12.9. The molecule has 166 valence electrons. The minimum Gasteiger partial charge on any atom is -0.468 e. The van der Waals surface area contributed by atoms with Crippen LogP contribution in [0.2, 0.25) is 5.02 Å². The Kier molecular flexibility index (Phi) is 7.39. The van der Waals surface area contributed by atoms with Crippen molar-refractivity contribution in [2.24, 2.45) is 0 Å². The Morgan fingerprint density at radius 1 is 1.13 bits per heavy atom. The fourth-order valence-electron chi connectivity index (χ4n) is 2.52. The van der Waals surface area contributed by atoms with E-state index in [9.17, 15) is 27.6 Å². The van der Waals surface area contributed by atoms with E-state index < -0.39 is 52.4 Å². The monoisotopic (exact) mass is 461 g/mol. The number of alkyl halides is 3. The zero-order valence-corrected chi connectivity index (χ0v) is 16.8. The average molecular weight is 462 g/mol. The second-order valence-electron chi connectivity index (χ2n) is 5.87. The second-order valence-corrected chi connectivity index (χ2v) is 6.28. The Balaban J connectivity index is 2.45. The fourth-order valence-corrected chi connectivity index (χ4v) is 2.84. The molecule has 0 aliphatic heterocycles. The smallest absolute Gasteiger partial charge is 0.417 e. The van der Waals surface area contributed by atoms with E-state index in [4.69, 9.17) is 16.3 Å². The van der Waals surface area contributed by atoms with E-state index >= 15 is 0 Å². The van der Waals surface area contributed by atoms with Crippen molar-refractivity contribution in [2.45, 2.75) is 11.6 Å². The highest BCUT2D eigenvalue weighted by Gasteiger charge is 2.53. The summed E-state index contributed by atoms with van der Waals surface area (Å²) in [5, 5.41) is 1.49. The van der Waals surface area contributed by atoms with Gasteiger partial charge in [0, 0.05) is 12.4 Å². The molecule has 9 nitrogen and oxygen atoms in total. The Hall–Kier alpha value is -3.41. The van der Waals surface area contributed by atoms with E-state index in [1.807, 2.05) is 0 Å². The number of esters is 2. The first-order chi connectivity index (χ1) is 14.6. The molecule has 0 aliphatic rings. The average Bonchev–Trinajstić information content (AvgIpc) is 2.74. The molecule has 0 aromatic carbocycles. The van der Waals surface area contributed by atoms with Gasteiger partial charge in [-0.3, -0.25) is 19.6 Å². The SMILES string of the molecule is COC(=O)C(CNC(=O)Oc1cccnc1)(C(=O)OC)c1ncc(C(F)(F)F)cc1Cl. The summed E-state index contributed by atoms with van der Waals surface area (Å²) in [6, 6.07) is 3.38. The number of methoxy groups -OCH3 is 2. The number of halogens is 4. The Morgan fingerprint density at radius 2 is 1.77 bits per heavy atom. The first-order valence-electron chi connectivity index (χ1n) is 8.32. The molecule has 1 amide bonds.